The molecule has 2 aromatic carbocycles. The molecule has 116 valence electrons. The molecule has 4 nitrogen and oxygen atoms in total. The number of aromatic amines is 1. The number of pyridine rings is 1. The standard InChI is InChI=1S/C20H15N3O/c1-2-4-18-15(3-1)12-19(24-18)20-22-16-6-5-14(11-17(16)23-20)13-7-9-21-10-8-13/h1-11,19H,12H2,(H,22,23). The second-order valence-corrected chi connectivity index (χ2v) is 6.01. The third kappa shape index (κ3) is 2.15. The Morgan fingerprint density at radius 1 is 0.958 bits per heavy atom. The second-order valence-electron chi connectivity index (χ2n) is 6.01. The first-order valence-corrected chi connectivity index (χ1v) is 8.01. The zero-order valence-electron chi connectivity index (χ0n) is 12.9. The zero-order valence-corrected chi connectivity index (χ0v) is 12.9. The average molecular weight is 313 g/mol. The molecule has 1 aliphatic rings. The van der Waals surface area contributed by atoms with Crippen molar-refractivity contribution in [2.45, 2.75) is 12.5 Å². The van der Waals surface area contributed by atoms with Crippen LogP contribution in [0.3, 0.4) is 0 Å². The second kappa shape index (κ2) is 5.20. The first-order valence-electron chi connectivity index (χ1n) is 8.01. The van der Waals surface area contributed by atoms with Crippen LogP contribution in [0.5, 0.6) is 5.75 Å². The van der Waals surface area contributed by atoms with Crippen molar-refractivity contribution in [3.05, 3.63) is 78.4 Å². The predicted octanol–water partition coefficient (Wildman–Crippen LogP) is 4.30. The summed E-state index contributed by atoms with van der Waals surface area (Å²) in [4.78, 5) is 12.2. The van der Waals surface area contributed by atoms with Crippen LogP contribution in [0.1, 0.15) is 17.5 Å². The zero-order chi connectivity index (χ0) is 15.9. The Morgan fingerprint density at radius 2 is 1.83 bits per heavy atom. The highest BCUT2D eigenvalue weighted by molar-refractivity contribution is 5.82. The van der Waals surface area contributed by atoms with Crippen molar-refractivity contribution in [3.63, 3.8) is 0 Å². The number of hydrogen-bond donors (Lipinski definition) is 1. The van der Waals surface area contributed by atoms with Gasteiger partial charge in [0.1, 0.15) is 11.6 Å². The fraction of sp³-hybridized carbons (Fsp3) is 0.100. The van der Waals surface area contributed by atoms with E-state index in [1.54, 1.807) is 0 Å². The number of nitrogens with zero attached hydrogens (tertiary/aromatic N) is 2. The lowest BCUT2D eigenvalue weighted by Crippen LogP contribution is -2.05. The molecule has 0 fully saturated rings. The summed E-state index contributed by atoms with van der Waals surface area (Å²) in [6, 6.07) is 18.5. The van der Waals surface area contributed by atoms with Gasteiger partial charge in [-0.1, -0.05) is 24.3 Å². The lowest BCUT2D eigenvalue weighted by Gasteiger charge is -2.06. The Morgan fingerprint density at radius 3 is 2.71 bits per heavy atom. The lowest BCUT2D eigenvalue weighted by molar-refractivity contribution is 0.229. The Hall–Kier alpha value is -3.14. The van der Waals surface area contributed by atoms with E-state index >= 15 is 0 Å². The van der Waals surface area contributed by atoms with Gasteiger partial charge < -0.3 is 9.72 Å². The quantitative estimate of drug-likeness (QED) is 0.600. The molecular weight excluding hydrogens is 298 g/mol. The van der Waals surface area contributed by atoms with Crippen molar-refractivity contribution in [2.75, 3.05) is 0 Å². The Kier molecular flexibility index (Phi) is 2.88. The number of fused-ring (bicyclic) bond motifs is 2. The molecule has 0 radical (unpaired) electrons. The number of aromatic nitrogens is 3. The minimum absolute atomic E-state index is 0.0424. The third-order valence-electron chi connectivity index (χ3n) is 4.47. The highest BCUT2D eigenvalue weighted by atomic mass is 16.5. The molecule has 1 N–H and O–H groups in total. The molecule has 24 heavy (non-hydrogen) atoms. The molecule has 0 spiro atoms. The summed E-state index contributed by atoms with van der Waals surface area (Å²) < 4.78 is 6.04. The van der Waals surface area contributed by atoms with Gasteiger partial charge in [0.05, 0.1) is 11.0 Å². The first-order chi connectivity index (χ1) is 11.9. The van der Waals surface area contributed by atoms with Gasteiger partial charge in [-0.2, -0.15) is 0 Å². The molecule has 1 unspecified atom stereocenters. The smallest absolute Gasteiger partial charge is 0.160 e. The van der Waals surface area contributed by atoms with Gasteiger partial charge in [0.25, 0.3) is 0 Å². The van der Waals surface area contributed by atoms with E-state index in [0.29, 0.717) is 0 Å². The molecular formula is C20H15N3O. The maximum atomic E-state index is 6.04. The number of H-pyrrole nitrogens is 1. The minimum atomic E-state index is -0.0424. The predicted molar refractivity (Wildman–Crippen MR) is 92.8 cm³/mol. The SMILES string of the molecule is c1ccc2c(c1)CC(c1nc3ccc(-c4ccncc4)cc3[nH]1)O2. The monoisotopic (exact) mass is 313 g/mol. The summed E-state index contributed by atoms with van der Waals surface area (Å²) in [5, 5.41) is 0. The lowest BCUT2D eigenvalue weighted by atomic mass is 10.1. The van der Waals surface area contributed by atoms with Gasteiger partial charge >= 0.3 is 0 Å². The Labute approximate surface area is 139 Å². The molecule has 0 amide bonds. The molecule has 4 aromatic rings. The highest BCUT2D eigenvalue weighted by Crippen LogP contribution is 2.36. The molecule has 0 bridgehead atoms. The molecule has 2 aromatic heterocycles. The van der Waals surface area contributed by atoms with E-state index in [1.165, 1.54) is 5.56 Å². The number of benzene rings is 2. The van der Waals surface area contributed by atoms with Crippen LogP contribution < -0.4 is 4.74 Å². The van der Waals surface area contributed by atoms with Gasteiger partial charge in [-0.05, 0) is 47.0 Å². The fourth-order valence-electron chi connectivity index (χ4n) is 3.24. The van der Waals surface area contributed by atoms with E-state index in [0.717, 1.165) is 40.2 Å². The van der Waals surface area contributed by atoms with Crippen molar-refractivity contribution < 1.29 is 4.74 Å². The summed E-state index contributed by atoms with van der Waals surface area (Å²) in [6.07, 6.45) is 4.43. The van der Waals surface area contributed by atoms with Crippen LogP contribution in [0.25, 0.3) is 22.2 Å². The molecule has 5 rings (SSSR count). The number of hydrogen-bond acceptors (Lipinski definition) is 3. The van der Waals surface area contributed by atoms with Crippen molar-refractivity contribution in [3.8, 4) is 16.9 Å². The topological polar surface area (TPSA) is 50.8 Å². The van der Waals surface area contributed by atoms with Crippen LogP contribution >= 0.6 is 0 Å². The van der Waals surface area contributed by atoms with Crippen molar-refractivity contribution in [1.29, 1.82) is 0 Å². The fourth-order valence-corrected chi connectivity index (χ4v) is 3.24. The van der Waals surface area contributed by atoms with Gasteiger partial charge in [0, 0.05) is 18.8 Å². The van der Waals surface area contributed by atoms with Crippen LogP contribution in [0.4, 0.5) is 0 Å². The Balaban J connectivity index is 1.51. The van der Waals surface area contributed by atoms with Gasteiger partial charge in [0.15, 0.2) is 6.10 Å². The number of imidazole rings is 1. The number of ether oxygens (including phenoxy) is 1. The van der Waals surface area contributed by atoms with Crippen LogP contribution in [0.15, 0.2) is 67.0 Å². The molecule has 0 saturated heterocycles. The van der Waals surface area contributed by atoms with E-state index in [-0.39, 0.29) is 6.10 Å². The van der Waals surface area contributed by atoms with Crippen LogP contribution in [-0.2, 0) is 6.42 Å². The van der Waals surface area contributed by atoms with Gasteiger partial charge in [-0.3, -0.25) is 4.98 Å². The summed E-state index contributed by atoms with van der Waals surface area (Å²) in [5.41, 5.74) is 5.52. The number of para-hydroxylation sites is 1. The molecule has 4 heteroatoms. The number of rotatable bonds is 2. The first kappa shape index (κ1) is 13.3. The van der Waals surface area contributed by atoms with Crippen molar-refractivity contribution in [2.24, 2.45) is 0 Å². The molecule has 0 saturated carbocycles. The van der Waals surface area contributed by atoms with Gasteiger partial charge in [-0.25, -0.2) is 4.98 Å². The summed E-state index contributed by atoms with van der Waals surface area (Å²) in [7, 11) is 0. The molecule has 0 aliphatic carbocycles. The molecule has 1 atom stereocenters. The normalized spacial score (nSPS) is 16.1. The minimum Gasteiger partial charge on any atom is -0.482 e. The van der Waals surface area contributed by atoms with Gasteiger partial charge in [-0.15, -0.1) is 0 Å². The maximum Gasteiger partial charge on any atom is 0.160 e. The van der Waals surface area contributed by atoms with E-state index in [1.807, 2.05) is 48.8 Å². The van der Waals surface area contributed by atoms with E-state index in [9.17, 15) is 0 Å². The summed E-state index contributed by atoms with van der Waals surface area (Å²) in [6.45, 7) is 0. The van der Waals surface area contributed by atoms with E-state index in [4.69, 9.17) is 9.72 Å². The van der Waals surface area contributed by atoms with E-state index in [2.05, 4.69) is 28.2 Å². The third-order valence-corrected chi connectivity index (χ3v) is 4.47. The van der Waals surface area contributed by atoms with Crippen LogP contribution in [0.2, 0.25) is 0 Å². The number of nitrogens with one attached hydrogen (secondary N) is 1. The van der Waals surface area contributed by atoms with E-state index < -0.39 is 0 Å². The highest BCUT2D eigenvalue weighted by Gasteiger charge is 2.26. The summed E-state index contributed by atoms with van der Waals surface area (Å²) in [5.74, 6) is 1.84. The van der Waals surface area contributed by atoms with Crippen LogP contribution in [0, 0.1) is 0 Å². The van der Waals surface area contributed by atoms with Crippen molar-refractivity contribution in [1.82, 2.24) is 15.0 Å². The Bertz CT molecular complexity index is 998. The molecule has 3 heterocycles. The van der Waals surface area contributed by atoms with Crippen LogP contribution in [-0.4, -0.2) is 15.0 Å². The average Bonchev–Trinajstić information content (AvgIpc) is 3.25. The van der Waals surface area contributed by atoms with Crippen molar-refractivity contribution >= 4 is 11.0 Å². The largest absolute Gasteiger partial charge is 0.482 e. The van der Waals surface area contributed by atoms with Gasteiger partial charge in [0.2, 0.25) is 0 Å². The molecule has 1 aliphatic heterocycles. The maximum absolute atomic E-state index is 6.04. The summed E-state index contributed by atoms with van der Waals surface area (Å²) >= 11 is 0.